The van der Waals surface area contributed by atoms with Crippen LogP contribution in [0, 0.1) is 11.8 Å². The Morgan fingerprint density at radius 1 is 1.08 bits per heavy atom. The normalized spacial score (nSPS) is 20.4. The molecule has 1 amide bonds. The summed E-state index contributed by atoms with van der Waals surface area (Å²) in [7, 11) is 1.38. The van der Waals surface area contributed by atoms with E-state index >= 15 is 0 Å². The third-order valence-electron chi connectivity index (χ3n) is 5.53. The van der Waals surface area contributed by atoms with Crippen molar-refractivity contribution in [3.63, 3.8) is 0 Å². The van der Waals surface area contributed by atoms with E-state index < -0.39 is 5.92 Å². The van der Waals surface area contributed by atoms with Crippen LogP contribution in [0.1, 0.15) is 31.2 Å². The van der Waals surface area contributed by atoms with E-state index in [0.717, 1.165) is 45.3 Å². The predicted molar refractivity (Wildman–Crippen MR) is 95.8 cm³/mol. The van der Waals surface area contributed by atoms with E-state index in [-0.39, 0.29) is 17.8 Å². The highest BCUT2D eigenvalue weighted by atomic mass is 16.5. The van der Waals surface area contributed by atoms with Crippen LogP contribution in [0.2, 0.25) is 0 Å². The Morgan fingerprint density at radius 2 is 1.72 bits per heavy atom. The topological polar surface area (TPSA) is 49.9 Å². The van der Waals surface area contributed by atoms with Crippen molar-refractivity contribution in [2.75, 3.05) is 33.3 Å². The Balaban J connectivity index is 1.57. The molecule has 136 valence electrons. The molecule has 0 bridgehead atoms. The van der Waals surface area contributed by atoms with Crippen LogP contribution in [0.25, 0.3) is 0 Å². The van der Waals surface area contributed by atoms with Crippen molar-refractivity contribution < 1.29 is 14.3 Å². The van der Waals surface area contributed by atoms with Gasteiger partial charge in [0.05, 0.1) is 7.11 Å². The minimum Gasteiger partial charge on any atom is -0.468 e. The Morgan fingerprint density at radius 3 is 2.32 bits per heavy atom. The molecule has 1 saturated carbocycles. The fourth-order valence-corrected chi connectivity index (χ4v) is 4.08. The number of methoxy groups -OCH3 is 1. The number of esters is 1. The highest BCUT2D eigenvalue weighted by Gasteiger charge is 2.40. The third kappa shape index (κ3) is 4.40. The molecule has 5 heteroatoms. The molecule has 1 aliphatic carbocycles. The summed E-state index contributed by atoms with van der Waals surface area (Å²) < 4.78 is 4.94. The van der Waals surface area contributed by atoms with Gasteiger partial charge in [0.15, 0.2) is 0 Å². The van der Waals surface area contributed by atoms with Gasteiger partial charge in [-0.3, -0.25) is 14.5 Å². The lowest BCUT2D eigenvalue weighted by molar-refractivity contribution is -0.157. The first-order chi connectivity index (χ1) is 12.2. The standard InChI is InChI=1S/C20H28N2O3/c1-25-20(24)18(17-9-5-6-10-17)19(23)22-13-11-21(12-14-22)15-16-7-3-2-4-8-16/h2-4,7-8,17-18H,5-6,9-15H2,1H3/t18-/m0/s1. The molecule has 1 aromatic rings. The quantitative estimate of drug-likeness (QED) is 0.608. The number of carbonyl (C=O) groups excluding carboxylic acids is 2. The monoisotopic (exact) mass is 344 g/mol. The molecule has 3 rings (SSSR count). The van der Waals surface area contributed by atoms with E-state index in [1.54, 1.807) is 0 Å². The van der Waals surface area contributed by atoms with Crippen molar-refractivity contribution in [2.24, 2.45) is 11.8 Å². The number of hydrogen-bond acceptors (Lipinski definition) is 4. The smallest absolute Gasteiger partial charge is 0.318 e. The number of amides is 1. The zero-order chi connectivity index (χ0) is 17.6. The van der Waals surface area contributed by atoms with Crippen LogP contribution in [0.5, 0.6) is 0 Å². The van der Waals surface area contributed by atoms with Gasteiger partial charge in [-0.05, 0) is 24.3 Å². The van der Waals surface area contributed by atoms with Crippen molar-refractivity contribution in [1.82, 2.24) is 9.80 Å². The molecule has 0 radical (unpaired) electrons. The molecule has 0 spiro atoms. The van der Waals surface area contributed by atoms with Crippen LogP contribution in [-0.2, 0) is 20.9 Å². The van der Waals surface area contributed by atoms with E-state index in [1.807, 2.05) is 11.0 Å². The molecular formula is C20H28N2O3. The SMILES string of the molecule is COC(=O)[C@H](C(=O)N1CCN(Cc2ccccc2)CC1)C1CCCC1. The highest BCUT2D eigenvalue weighted by Crippen LogP contribution is 2.33. The Kier molecular flexibility index (Phi) is 6.08. The van der Waals surface area contributed by atoms with Crippen LogP contribution < -0.4 is 0 Å². The van der Waals surface area contributed by atoms with Gasteiger partial charge in [0, 0.05) is 32.7 Å². The molecule has 2 fully saturated rings. The number of ether oxygens (including phenoxy) is 1. The molecule has 5 nitrogen and oxygen atoms in total. The first kappa shape index (κ1) is 17.9. The highest BCUT2D eigenvalue weighted by molar-refractivity contribution is 5.98. The second-order valence-electron chi connectivity index (χ2n) is 7.13. The van der Waals surface area contributed by atoms with E-state index in [4.69, 9.17) is 4.74 Å². The molecule has 1 heterocycles. The van der Waals surface area contributed by atoms with Gasteiger partial charge in [-0.1, -0.05) is 43.2 Å². The fourth-order valence-electron chi connectivity index (χ4n) is 4.08. The molecule has 25 heavy (non-hydrogen) atoms. The van der Waals surface area contributed by atoms with Crippen molar-refractivity contribution in [2.45, 2.75) is 32.2 Å². The van der Waals surface area contributed by atoms with Gasteiger partial charge in [0.25, 0.3) is 0 Å². The van der Waals surface area contributed by atoms with E-state index in [9.17, 15) is 9.59 Å². The number of hydrogen-bond donors (Lipinski definition) is 0. The summed E-state index contributed by atoms with van der Waals surface area (Å²) in [6.45, 7) is 3.97. The molecule has 0 N–H and O–H groups in total. The van der Waals surface area contributed by atoms with Crippen LogP contribution >= 0.6 is 0 Å². The number of carbonyl (C=O) groups is 2. The van der Waals surface area contributed by atoms with Gasteiger partial charge in [0.2, 0.25) is 5.91 Å². The van der Waals surface area contributed by atoms with Crippen LogP contribution in [0.15, 0.2) is 30.3 Å². The Bertz CT molecular complexity index is 576. The maximum atomic E-state index is 13.0. The zero-order valence-corrected chi connectivity index (χ0v) is 15.0. The number of benzene rings is 1. The minimum absolute atomic E-state index is 0.0295. The Labute approximate surface area is 149 Å². The third-order valence-corrected chi connectivity index (χ3v) is 5.53. The van der Waals surface area contributed by atoms with Crippen LogP contribution in [0.3, 0.4) is 0 Å². The first-order valence-corrected chi connectivity index (χ1v) is 9.32. The molecule has 1 aromatic carbocycles. The maximum Gasteiger partial charge on any atom is 0.318 e. The van der Waals surface area contributed by atoms with Crippen molar-refractivity contribution in [3.8, 4) is 0 Å². The van der Waals surface area contributed by atoms with Gasteiger partial charge in [-0.15, -0.1) is 0 Å². The summed E-state index contributed by atoms with van der Waals surface area (Å²) >= 11 is 0. The molecule has 1 aliphatic heterocycles. The van der Waals surface area contributed by atoms with E-state index in [1.165, 1.54) is 12.7 Å². The number of piperazine rings is 1. The summed E-state index contributed by atoms with van der Waals surface area (Å²) in [4.78, 5) is 29.4. The van der Waals surface area contributed by atoms with Crippen molar-refractivity contribution in [3.05, 3.63) is 35.9 Å². The van der Waals surface area contributed by atoms with Gasteiger partial charge < -0.3 is 9.64 Å². The summed E-state index contributed by atoms with van der Waals surface area (Å²) in [5, 5.41) is 0. The molecule has 0 aromatic heterocycles. The second kappa shape index (κ2) is 8.48. The lowest BCUT2D eigenvalue weighted by Crippen LogP contribution is -2.52. The maximum absolute atomic E-state index is 13.0. The molecule has 1 saturated heterocycles. The van der Waals surface area contributed by atoms with Gasteiger partial charge in [-0.2, -0.15) is 0 Å². The Hall–Kier alpha value is -1.88. The van der Waals surface area contributed by atoms with Crippen LogP contribution in [0.4, 0.5) is 0 Å². The average molecular weight is 344 g/mol. The average Bonchev–Trinajstić information content (AvgIpc) is 3.17. The van der Waals surface area contributed by atoms with Gasteiger partial charge >= 0.3 is 5.97 Å². The lowest BCUT2D eigenvalue weighted by atomic mass is 9.89. The van der Waals surface area contributed by atoms with Crippen molar-refractivity contribution >= 4 is 11.9 Å². The molecule has 1 atom stereocenters. The lowest BCUT2D eigenvalue weighted by Gasteiger charge is -2.37. The van der Waals surface area contributed by atoms with Gasteiger partial charge in [-0.25, -0.2) is 0 Å². The summed E-state index contributed by atoms with van der Waals surface area (Å²) in [5.74, 6) is -0.836. The molecular weight excluding hydrogens is 316 g/mol. The largest absolute Gasteiger partial charge is 0.468 e. The summed E-state index contributed by atoms with van der Waals surface area (Å²) in [6, 6.07) is 10.4. The zero-order valence-electron chi connectivity index (χ0n) is 15.0. The van der Waals surface area contributed by atoms with E-state index in [2.05, 4.69) is 29.2 Å². The minimum atomic E-state index is -0.604. The number of nitrogens with zero attached hydrogens (tertiary/aromatic N) is 2. The predicted octanol–water partition coefficient (Wildman–Crippen LogP) is 2.31. The summed E-state index contributed by atoms with van der Waals surface area (Å²) in [6.07, 6.45) is 4.13. The van der Waals surface area contributed by atoms with Crippen molar-refractivity contribution in [1.29, 1.82) is 0 Å². The summed E-state index contributed by atoms with van der Waals surface area (Å²) in [5.41, 5.74) is 1.29. The second-order valence-corrected chi connectivity index (χ2v) is 7.13. The molecule has 2 aliphatic rings. The van der Waals surface area contributed by atoms with E-state index in [0.29, 0.717) is 13.1 Å². The van der Waals surface area contributed by atoms with Gasteiger partial charge in [0.1, 0.15) is 5.92 Å². The number of rotatable bonds is 5. The van der Waals surface area contributed by atoms with Crippen LogP contribution in [-0.4, -0.2) is 55.0 Å². The fraction of sp³-hybridized carbons (Fsp3) is 0.600. The molecule has 0 unspecified atom stereocenters. The first-order valence-electron chi connectivity index (χ1n) is 9.32.